The molecule has 3 nitrogen and oxygen atoms in total. The zero-order valence-electron chi connectivity index (χ0n) is 9.82. The number of carboxylic acid groups (broad SMARTS) is 1. The molecule has 0 amide bonds. The van der Waals surface area contributed by atoms with Crippen LogP contribution in [0.1, 0.15) is 36.0 Å². The Hall–Kier alpha value is -1.03. The summed E-state index contributed by atoms with van der Waals surface area (Å²) < 4.78 is 0.804. The summed E-state index contributed by atoms with van der Waals surface area (Å²) in [5.74, 6) is -0.869. The van der Waals surface area contributed by atoms with Gasteiger partial charge in [-0.1, -0.05) is 28.8 Å². The normalized spacial score (nSPS) is 16.1. The summed E-state index contributed by atoms with van der Waals surface area (Å²) in [6.07, 6.45) is 4.80. The van der Waals surface area contributed by atoms with Gasteiger partial charge < -0.3 is 10.0 Å². The molecule has 0 aromatic heterocycles. The van der Waals surface area contributed by atoms with Crippen LogP contribution in [0.5, 0.6) is 0 Å². The summed E-state index contributed by atoms with van der Waals surface area (Å²) in [7, 11) is 1.99. The molecule has 0 atom stereocenters. The molecule has 0 radical (unpaired) electrons. The number of anilines is 1. The number of carboxylic acids is 1. The molecule has 17 heavy (non-hydrogen) atoms. The zero-order valence-corrected chi connectivity index (χ0v) is 11.4. The molecule has 0 aliphatic heterocycles. The maximum atomic E-state index is 11.2. The van der Waals surface area contributed by atoms with Gasteiger partial charge in [-0.25, -0.2) is 4.79 Å². The lowest BCUT2D eigenvalue weighted by Gasteiger charge is -2.27. The van der Waals surface area contributed by atoms with Gasteiger partial charge in [-0.3, -0.25) is 0 Å². The van der Waals surface area contributed by atoms with E-state index in [-0.39, 0.29) is 0 Å². The van der Waals surface area contributed by atoms with E-state index in [4.69, 9.17) is 0 Å². The summed E-state index contributed by atoms with van der Waals surface area (Å²) in [5.41, 5.74) is 1.18. The largest absolute Gasteiger partial charge is 0.478 e. The van der Waals surface area contributed by atoms with Crippen molar-refractivity contribution < 1.29 is 9.90 Å². The minimum Gasteiger partial charge on any atom is -0.478 e. The van der Waals surface area contributed by atoms with Crippen molar-refractivity contribution in [2.45, 2.75) is 31.7 Å². The SMILES string of the molecule is CN(c1ccc(Br)cc1C(=O)O)C1CCCC1. The van der Waals surface area contributed by atoms with Crippen molar-refractivity contribution in [1.82, 2.24) is 0 Å². The van der Waals surface area contributed by atoms with Crippen molar-refractivity contribution in [2.24, 2.45) is 0 Å². The molecule has 0 saturated heterocycles. The predicted molar refractivity (Wildman–Crippen MR) is 71.8 cm³/mol. The van der Waals surface area contributed by atoms with Crippen molar-refractivity contribution in [2.75, 3.05) is 11.9 Å². The summed E-state index contributed by atoms with van der Waals surface area (Å²) in [6, 6.07) is 5.93. The molecule has 0 spiro atoms. The number of rotatable bonds is 3. The Kier molecular flexibility index (Phi) is 3.72. The van der Waals surface area contributed by atoms with Gasteiger partial charge in [0, 0.05) is 17.6 Å². The quantitative estimate of drug-likeness (QED) is 0.928. The van der Waals surface area contributed by atoms with Crippen LogP contribution in [-0.2, 0) is 0 Å². The van der Waals surface area contributed by atoms with E-state index in [9.17, 15) is 9.90 Å². The highest BCUT2D eigenvalue weighted by Crippen LogP contribution is 2.30. The van der Waals surface area contributed by atoms with Gasteiger partial charge in [0.2, 0.25) is 0 Å². The Bertz CT molecular complexity index is 427. The first-order valence-electron chi connectivity index (χ1n) is 5.85. The molecule has 4 heteroatoms. The van der Waals surface area contributed by atoms with Gasteiger partial charge in [0.1, 0.15) is 0 Å². The Morgan fingerprint density at radius 1 is 1.41 bits per heavy atom. The second kappa shape index (κ2) is 5.08. The molecule has 92 valence electrons. The van der Waals surface area contributed by atoms with E-state index >= 15 is 0 Å². The fraction of sp³-hybridized carbons (Fsp3) is 0.462. The second-order valence-electron chi connectivity index (χ2n) is 4.52. The fourth-order valence-electron chi connectivity index (χ4n) is 2.48. The molecular weight excluding hydrogens is 282 g/mol. The molecule has 1 aliphatic rings. The van der Waals surface area contributed by atoms with E-state index < -0.39 is 5.97 Å². The number of hydrogen-bond acceptors (Lipinski definition) is 2. The number of nitrogens with zero attached hydrogens (tertiary/aromatic N) is 1. The van der Waals surface area contributed by atoms with Crippen LogP contribution in [0.25, 0.3) is 0 Å². The number of halogens is 1. The fourth-order valence-corrected chi connectivity index (χ4v) is 2.84. The monoisotopic (exact) mass is 297 g/mol. The molecule has 0 unspecified atom stereocenters. The number of aromatic carboxylic acids is 1. The Morgan fingerprint density at radius 3 is 2.65 bits per heavy atom. The first kappa shape index (κ1) is 12.4. The average molecular weight is 298 g/mol. The predicted octanol–water partition coefficient (Wildman–Crippen LogP) is 3.53. The molecule has 1 aliphatic carbocycles. The van der Waals surface area contributed by atoms with Crippen LogP contribution < -0.4 is 4.90 Å². The number of hydrogen-bond donors (Lipinski definition) is 1. The average Bonchev–Trinajstić information content (AvgIpc) is 2.81. The Labute approximate surface area is 110 Å². The van der Waals surface area contributed by atoms with Crippen molar-refractivity contribution in [3.63, 3.8) is 0 Å². The van der Waals surface area contributed by atoms with Crippen LogP contribution in [0.15, 0.2) is 22.7 Å². The van der Waals surface area contributed by atoms with Gasteiger partial charge in [0.05, 0.1) is 11.3 Å². The van der Waals surface area contributed by atoms with Crippen molar-refractivity contribution >= 4 is 27.6 Å². The molecule has 0 bridgehead atoms. The minimum absolute atomic E-state index is 0.369. The third-order valence-corrected chi connectivity index (χ3v) is 3.93. The Morgan fingerprint density at radius 2 is 2.06 bits per heavy atom. The van der Waals surface area contributed by atoms with Crippen LogP contribution in [0.2, 0.25) is 0 Å². The smallest absolute Gasteiger partial charge is 0.337 e. The molecule has 0 heterocycles. The lowest BCUT2D eigenvalue weighted by Crippen LogP contribution is -2.30. The molecular formula is C13H16BrNO2. The molecule has 2 rings (SSSR count). The van der Waals surface area contributed by atoms with Gasteiger partial charge >= 0.3 is 5.97 Å². The highest BCUT2D eigenvalue weighted by molar-refractivity contribution is 9.10. The lowest BCUT2D eigenvalue weighted by molar-refractivity contribution is 0.0697. The van der Waals surface area contributed by atoms with Crippen LogP contribution >= 0.6 is 15.9 Å². The Balaban J connectivity index is 2.33. The van der Waals surface area contributed by atoms with Gasteiger partial charge in [-0.15, -0.1) is 0 Å². The maximum absolute atomic E-state index is 11.2. The van der Waals surface area contributed by atoms with Crippen LogP contribution in [0, 0.1) is 0 Å². The molecule has 1 saturated carbocycles. The van der Waals surface area contributed by atoms with E-state index in [1.165, 1.54) is 12.8 Å². The zero-order chi connectivity index (χ0) is 12.4. The van der Waals surface area contributed by atoms with Crippen molar-refractivity contribution in [1.29, 1.82) is 0 Å². The summed E-state index contributed by atoms with van der Waals surface area (Å²) in [6.45, 7) is 0. The standard InChI is InChI=1S/C13H16BrNO2/c1-15(10-4-2-3-5-10)12-7-6-9(14)8-11(12)13(16)17/h6-8,10H,2-5H2,1H3,(H,16,17). The third-order valence-electron chi connectivity index (χ3n) is 3.44. The highest BCUT2D eigenvalue weighted by atomic mass is 79.9. The highest BCUT2D eigenvalue weighted by Gasteiger charge is 2.23. The maximum Gasteiger partial charge on any atom is 0.337 e. The van der Waals surface area contributed by atoms with E-state index in [1.807, 2.05) is 19.2 Å². The van der Waals surface area contributed by atoms with E-state index in [1.54, 1.807) is 6.07 Å². The first-order valence-corrected chi connectivity index (χ1v) is 6.64. The van der Waals surface area contributed by atoms with Gasteiger partial charge in [-0.2, -0.15) is 0 Å². The van der Waals surface area contributed by atoms with Crippen LogP contribution in [0.4, 0.5) is 5.69 Å². The third kappa shape index (κ3) is 2.63. The van der Waals surface area contributed by atoms with E-state index in [0.29, 0.717) is 11.6 Å². The number of benzene rings is 1. The van der Waals surface area contributed by atoms with Gasteiger partial charge in [0.15, 0.2) is 0 Å². The molecule has 1 N–H and O–H groups in total. The van der Waals surface area contributed by atoms with Gasteiger partial charge in [0.25, 0.3) is 0 Å². The van der Waals surface area contributed by atoms with Crippen LogP contribution in [-0.4, -0.2) is 24.2 Å². The topological polar surface area (TPSA) is 40.5 Å². The summed E-state index contributed by atoms with van der Waals surface area (Å²) >= 11 is 3.32. The molecule has 1 fully saturated rings. The lowest BCUT2D eigenvalue weighted by atomic mass is 10.1. The van der Waals surface area contributed by atoms with Crippen molar-refractivity contribution in [3.05, 3.63) is 28.2 Å². The first-order chi connectivity index (χ1) is 8.09. The van der Waals surface area contributed by atoms with E-state index in [0.717, 1.165) is 23.0 Å². The van der Waals surface area contributed by atoms with Gasteiger partial charge in [-0.05, 0) is 31.0 Å². The minimum atomic E-state index is -0.869. The van der Waals surface area contributed by atoms with E-state index in [2.05, 4.69) is 20.8 Å². The van der Waals surface area contributed by atoms with Crippen LogP contribution in [0.3, 0.4) is 0 Å². The molecule has 1 aromatic rings. The number of carbonyl (C=O) groups is 1. The van der Waals surface area contributed by atoms with Crippen molar-refractivity contribution in [3.8, 4) is 0 Å². The second-order valence-corrected chi connectivity index (χ2v) is 5.43. The summed E-state index contributed by atoms with van der Waals surface area (Å²) in [5, 5.41) is 9.23. The molecule has 1 aromatic carbocycles. The summed E-state index contributed by atoms with van der Waals surface area (Å²) in [4.78, 5) is 13.4.